The summed E-state index contributed by atoms with van der Waals surface area (Å²) in [6.45, 7) is 5.13. The predicted molar refractivity (Wildman–Crippen MR) is 91.5 cm³/mol. The van der Waals surface area contributed by atoms with E-state index in [0.717, 1.165) is 19.3 Å². The number of piperidine rings is 1. The van der Waals surface area contributed by atoms with Gasteiger partial charge in [-0.3, -0.25) is 0 Å². The minimum atomic E-state index is -3.58. The van der Waals surface area contributed by atoms with Crippen molar-refractivity contribution in [1.82, 2.24) is 9.03 Å². The van der Waals surface area contributed by atoms with Gasteiger partial charge in [0.15, 0.2) is 0 Å². The number of nitrogens with one attached hydrogen (secondary N) is 1. The summed E-state index contributed by atoms with van der Waals surface area (Å²) in [7, 11) is -7.14. The van der Waals surface area contributed by atoms with Crippen LogP contribution < -0.4 is 4.72 Å². The van der Waals surface area contributed by atoms with Crippen molar-refractivity contribution >= 4 is 20.0 Å². The van der Waals surface area contributed by atoms with E-state index < -0.39 is 20.0 Å². The molecule has 1 aliphatic heterocycles. The van der Waals surface area contributed by atoms with Gasteiger partial charge in [0.25, 0.3) is 0 Å². The van der Waals surface area contributed by atoms with Crippen LogP contribution in [0.3, 0.4) is 0 Å². The second-order valence-corrected chi connectivity index (χ2v) is 10.8. The number of hydrogen-bond donors (Lipinski definition) is 1. The molecule has 2 atom stereocenters. The summed E-state index contributed by atoms with van der Waals surface area (Å²) in [5.74, 6) is 0.650. The summed E-state index contributed by atoms with van der Waals surface area (Å²) >= 11 is 0. The molecule has 1 aliphatic carbocycles. The van der Waals surface area contributed by atoms with Gasteiger partial charge in [-0.25, -0.2) is 21.6 Å². The van der Waals surface area contributed by atoms with Crippen LogP contribution in [-0.4, -0.2) is 40.3 Å². The molecule has 134 valence electrons. The smallest absolute Gasteiger partial charge is 0.208 e. The fraction of sp³-hybridized carbons (Fsp3) is 0.625. The van der Waals surface area contributed by atoms with Gasteiger partial charge < -0.3 is 0 Å². The lowest BCUT2D eigenvalue weighted by atomic mass is 9.94. The second kappa shape index (κ2) is 6.40. The molecule has 1 saturated heterocycles. The van der Waals surface area contributed by atoms with Crippen molar-refractivity contribution in [2.24, 2.45) is 11.8 Å². The summed E-state index contributed by atoms with van der Waals surface area (Å²) < 4.78 is 54.0. The molecule has 0 aromatic heterocycles. The second-order valence-electron chi connectivity index (χ2n) is 7.14. The average Bonchev–Trinajstić information content (AvgIpc) is 3.29. The molecule has 2 unspecified atom stereocenters. The Kier molecular flexibility index (Phi) is 4.76. The standard InChI is InChI=1S/C16H24N2O4S2/c1-12-9-13(2)11-18(10-12)24(21,22)16-7-5-15(6-8-16)23(19,20)17-14-3-4-14/h5-8,12-14,17H,3-4,9-11H2,1-2H3. The Labute approximate surface area is 144 Å². The Morgan fingerprint density at radius 1 is 0.917 bits per heavy atom. The Morgan fingerprint density at radius 3 is 1.92 bits per heavy atom. The monoisotopic (exact) mass is 372 g/mol. The SMILES string of the molecule is CC1CC(C)CN(S(=O)(=O)c2ccc(S(=O)(=O)NC3CC3)cc2)C1. The first-order valence-corrected chi connectivity index (χ1v) is 11.2. The third kappa shape index (κ3) is 3.82. The van der Waals surface area contributed by atoms with Crippen LogP contribution in [0.4, 0.5) is 0 Å². The first-order chi connectivity index (χ1) is 11.2. The highest BCUT2D eigenvalue weighted by Gasteiger charge is 2.32. The molecule has 1 N–H and O–H groups in total. The largest absolute Gasteiger partial charge is 0.243 e. The van der Waals surface area contributed by atoms with Crippen molar-refractivity contribution in [3.63, 3.8) is 0 Å². The van der Waals surface area contributed by atoms with Crippen LogP contribution in [0.2, 0.25) is 0 Å². The van der Waals surface area contributed by atoms with Crippen molar-refractivity contribution in [2.45, 2.75) is 48.9 Å². The summed E-state index contributed by atoms with van der Waals surface area (Å²) in [5.41, 5.74) is 0. The molecule has 0 spiro atoms. The Hall–Kier alpha value is -0.960. The van der Waals surface area contributed by atoms with Crippen LogP contribution in [-0.2, 0) is 20.0 Å². The van der Waals surface area contributed by atoms with Crippen LogP contribution >= 0.6 is 0 Å². The van der Waals surface area contributed by atoms with E-state index in [2.05, 4.69) is 18.6 Å². The molecule has 3 rings (SSSR count). The molecule has 24 heavy (non-hydrogen) atoms. The molecule has 6 nitrogen and oxygen atoms in total. The zero-order chi connectivity index (χ0) is 17.5. The van der Waals surface area contributed by atoms with Crippen molar-refractivity contribution in [2.75, 3.05) is 13.1 Å². The molecule has 1 heterocycles. The molecule has 0 bridgehead atoms. The number of benzene rings is 1. The van der Waals surface area contributed by atoms with Gasteiger partial charge in [0.2, 0.25) is 20.0 Å². The molecule has 1 aromatic rings. The van der Waals surface area contributed by atoms with Crippen LogP contribution in [0.25, 0.3) is 0 Å². The summed E-state index contributed by atoms with van der Waals surface area (Å²) in [4.78, 5) is 0.253. The van der Waals surface area contributed by atoms with E-state index in [0.29, 0.717) is 24.9 Å². The van der Waals surface area contributed by atoms with Gasteiger partial charge in [-0.15, -0.1) is 0 Å². The van der Waals surface area contributed by atoms with Crippen molar-refractivity contribution in [3.8, 4) is 0 Å². The average molecular weight is 373 g/mol. The highest BCUT2D eigenvalue weighted by Crippen LogP contribution is 2.27. The zero-order valence-corrected chi connectivity index (χ0v) is 15.6. The van der Waals surface area contributed by atoms with Gasteiger partial charge >= 0.3 is 0 Å². The molecular weight excluding hydrogens is 348 g/mol. The van der Waals surface area contributed by atoms with Gasteiger partial charge in [0.05, 0.1) is 9.79 Å². The maximum absolute atomic E-state index is 12.8. The quantitative estimate of drug-likeness (QED) is 0.854. The maximum Gasteiger partial charge on any atom is 0.243 e. The van der Waals surface area contributed by atoms with E-state index in [1.54, 1.807) is 0 Å². The van der Waals surface area contributed by atoms with E-state index in [9.17, 15) is 16.8 Å². The molecule has 0 amide bonds. The number of sulfonamides is 2. The molecule has 1 aromatic carbocycles. The highest BCUT2D eigenvalue weighted by atomic mass is 32.2. The highest BCUT2D eigenvalue weighted by molar-refractivity contribution is 7.89. The molecule has 2 aliphatic rings. The van der Waals surface area contributed by atoms with Gasteiger partial charge in [-0.05, 0) is 55.4 Å². The van der Waals surface area contributed by atoms with E-state index in [-0.39, 0.29) is 15.8 Å². The Balaban J connectivity index is 1.81. The normalized spacial score (nSPS) is 26.4. The van der Waals surface area contributed by atoms with E-state index in [4.69, 9.17) is 0 Å². The van der Waals surface area contributed by atoms with Crippen molar-refractivity contribution in [3.05, 3.63) is 24.3 Å². The molecular formula is C16H24N2O4S2. The number of nitrogens with zero attached hydrogens (tertiary/aromatic N) is 1. The fourth-order valence-electron chi connectivity index (χ4n) is 3.23. The summed E-state index contributed by atoms with van der Waals surface area (Å²) in [5, 5.41) is 0. The molecule has 2 fully saturated rings. The predicted octanol–water partition coefficient (Wildman–Crippen LogP) is 1.79. The van der Waals surface area contributed by atoms with Crippen molar-refractivity contribution in [1.29, 1.82) is 0 Å². The number of rotatable bonds is 5. The lowest BCUT2D eigenvalue weighted by Gasteiger charge is -2.34. The lowest BCUT2D eigenvalue weighted by Crippen LogP contribution is -2.42. The van der Waals surface area contributed by atoms with E-state index in [1.807, 2.05) is 0 Å². The van der Waals surface area contributed by atoms with Gasteiger partial charge in [-0.2, -0.15) is 4.31 Å². The topological polar surface area (TPSA) is 83.6 Å². The van der Waals surface area contributed by atoms with Gasteiger partial charge in [-0.1, -0.05) is 13.8 Å². The van der Waals surface area contributed by atoms with Crippen molar-refractivity contribution < 1.29 is 16.8 Å². The Morgan fingerprint density at radius 2 is 1.42 bits per heavy atom. The van der Waals surface area contributed by atoms with Crippen LogP contribution in [0, 0.1) is 11.8 Å². The fourth-order valence-corrected chi connectivity index (χ4v) is 6.22. The van der Waals surface area contributed by atoms with Gasteiger partial charge in [0, 0.05) is 19.1 Å². The first kappa shape index (κ1) is 17.8. The first-order valence-electron chi connectivity index (χ1n) is 8.31. The third-order valence-electron chi connectivity index (χ3n) is 4.51. The maximum atomic E-state index is 12.8. The van der Waals surface area contributed by atoms with Gasteiger partial charge in [0.1, 0.15) is 0 Å². The lowest BCUT2D eigenvalue weighted by molar-refractivity contribution is 0.222. The summed E-state index contributed by atoms with van der Waals surface area (Å²) in [6.07, 6.45) is 2.74. The van der Waals surface area contributed by atoms with Crippen LogP contribution in [0.5, 0.6) is 0 Å². The van der Waals surface area contributed by atoms with Crippen LogP contribution in [0.15, 0.2) is 34.1 Å². The summed E-state index contributed by atoms with van der Waals surface area (Å²) in [6, 6.07) is 5.54. The zero-order valence-electron chi connectivity index (χ0n) is 14.0. The Bertz CT molecular complexity index is 789. The molecule has 1 saturated carbocycles. The van der Waals surface area contributed by atoms with Crippen LogP contribution in [0.1, 0.15) is 33.1 Å². The third-order valence-corrected chi connectivity index (χ3v) is 7.89. The molecule has 8 heteroatoms. The minimum absolute atomic E-state index is 0.0229. The number of hydrogen-bond acceptors (Lipinski definition) is 4. The van der Waals surface area contributed by atoms with E-state index in [1.165, 1.54) is 28.6 Å². The van der Waals surface area contributed by atoms with E-state index >= 15 is 0 Å². The minimum Gasteiger partial charge on any atom is -0.208 e. The molecule has 0 radical (unpaired) electrons.